The number of fused-ring (bicyclic) bond motifs is 3. The molecule has 3 N–H and O–H groups in total. The van der Waals surface area contributed by atoms with Crippen molar-refractivity contribution < 1.29 is 0 Å². The lowest BCUT2D eigenvalue weighted by atomic mass is 9.93. The van der Waals surface area contributed by atoms with Gasteiger partial charge in [-0.05, 0) is 82.2 Å². The van der Waals surface area contributed by atoms with Crippen molar-refractivity contribution in [3.63, 3.8) is 0 Å². The molecular weight excluding hydrogens is 532 g/mol. The highest BCUT2D eigenvalue weighted by atomic mass is 14.7. The molecule has 5 aromatic carbocycles. The SMILES string of the molecule is C=C/C=C(\C=C(/C)c1ccccc1C/C=C(\C=C(/N)c1ccccc1)c1ccccc1)c1ccc2[nH]c3ccccc3c2c1. The van der Waals surface area contributed by atoms with Crippen LogP contribution in [0.5, 0.6) is 0 Å². The Labute approximate surface area is 259 Å². The quantitative estimate of drug-likeness (QED) is 0.167. The van der Waals surface area contributed by atoms with Crippen molar-refractivity contribution in [3.8, 4) is 0 Å². The molecule has 44 heavy (non-hydrogen) atoms. The highest BCUT2D eigenvalue weighted by Crippen LogP contribution is 2.31. The van der Waals surface area contributed by atoms with Gasteiger partial charge >= 0.3 is 0 Å². The van der Waals surface area contributed by atoms with Crippen molar-refractivity contribution in [2.24, 2.45) is 5.73 Å². The summed E-state index contributed by atoms with van der Waals surface area (Å²) in [6.07, 6.45) is 11.4. The highest BCUT2D eigenvalue weighted by Gasteiger charge is 2.09. The number of nitrogens with two attached hydrogens (primary N) is 1. The maximum absolute atomic E-state index is 6.57. The summed E-state index contributed by atoms with van der Waals surface area (Å²) in [6.45, 7) is 6.20. The molecule has 0 radical (unpaired) electrons. The molecule has 1 heterocycles. The summed E-state index contributed by atoms with van der Waals surface area (Å²) < 4.78 is 0. The zero-order chi connectivity index (χ0) is 30.3. The van der Waals surface area contributed by atoms with Crippen LogP contribution in [0.1, 0.15) is 34.7 Å². The standard InChI is InChI=1S/C42H36N2/c1-3-14-34(35-25-26-42-39(28-35)38-21-12-13-22-41(38)44-42)27-30(2)37-20-11-10-17-32(37)23-24-36(31-15-6-4-7-16-31)29-40(43)33-18-8-5-9-19-33/h3-22,24-29,44H,1,23,43H2,2H3/b30-27+,34-14+,36-24+,40-29-. The molecule has 214 valence electrons. The van der Waals surface area contributed by atoms with E-state index >= 15 is 0 Å². The maximum atomic E-state index is 6.57. The van der Waals surface area contributed by atoms with Crippen molar-refractivity contribution in [3.05, 3.63) is 192 Å². The van der Waals surface area contributed by atoms with Crippen LogP contribution in [0.25, 0.3) is 44.2 Å². The lowest BCUT2D eigenvalue weighted by Crippen LogP contribution is -1.97. The first-order valence-electron chi connectivity index (χ1n) is 15.0. The van der Waals surface area contributed by atoms with Crippen LogP contribution < -0.4 is 5.73 Å². The zero-order valence-electron chi connectivity index (χ0n) is 25.0. The third-order valence-electron chi connectivity index (χ3n) is 8.02. The Morgan fingerprint density at radius 3 is 2.09 bits per heavy atom. The average Bonchev–Trinajstić information content (AvgIpc) is 3.45. The Morgan fingerprint density at radius 1 is 0.659 bits per heavy atom. The number of rotatable bonds is 9. The van der Waals surface area contributed by atoms with Crippen LogP contribution in [0.15, 0.2) is 164 Å². The van der Waals surface area contributed by atoms with Gasteiger partial charge in [0, 0.05) is 27.5 Å². The van der Waals surface area contributed by atoms with Gasteiger partial charge in [0.15, 0.2) is 0 Å². The number of H-pyrrole nitrogens is 1. The summed E-state index contributed by atoms with van der Waals surface area (Å²) in [5.41, 5.74) is 18.8. The fourth-order valence-electron chi connectivity index (χ4n) is 5.77. The summed E-state index contributed by atoms with van der Waals surface area (Å²) in [4.78, 5) is 3.53. The van der Waals surface area contributed by atoms with Crippen LogP contribution in [0.2, 0.25) is 0 Å². The monoisotopic (exact) mass is 568 g/mol. The van der Waals surface area contributed by atoms with Gasteiger partial charge in [-0.1, -0.05) is 140 Å². The van der Waals surface area contributed by atoms with Gasteiger partial charge in [0.25, 0.3) is 0 Å². The molecule has 0 spiro atoms. The third kappa shape index (κ3) is 6.25. The smallest absolute Gasteiger partial charge is 0.0465 e. The lowest BCUT2D eigenvalue weighted by Gasteiger charge is -2.12. The molecule has 1 aromatic heterocycles. The molecule has 2 nitrogen and oxygen atoms in total. The third-order valence-corrected chi connectivity index (χ3v) is 8.02. The normalized spacial score (nSPS) is 13.0. The molecule has 2 heteroatoms. The Bertz CT molecular complexity index is 2050. The molecule has 0 aliphatic heterocycles. The summed E-state index contributed by atoms with van der Waals surface area (Å²) in [5.74, 6) is 0. The topological polar surface area (TPSA) is 41.8 Å². The lowest BCUT2D eigenvalue weighted by molar-refractivity contribution is 1.25. The summed E-state index contributed by atoms with van der Waals surface area (Å²) in [7, 11) is 0. The molecule has 0 fully saturated rings. The van der Waals surface area contributed by atoms with Crippen LogP contribution in [0.4, 0.5) is 0 Å². The van der Waals surface area contributed by atoms with Crippen molar-refractivity contribution in [1.82, 2.24) is 4.98 Å². The second-order valence-corrected chi connectivity index (χ2v) is 11.0. The van der Waals surface area contributed by atoms with Gasteiger partial charge in [0.05, 0.1) is 0 Å². The molecule has 0 aliphatic rings. The van der Waals surface area contributed by atoms with E-state index in [1.54, 1.807) is 0 Å². The number of aromatic nitrogens is 1. The van der Waals surface area contributed by atoms with Gasteiger partial charge in [-0.2, -0.15) is 0 Å². The molecule has 6 aromatic rings. The number of hydrogen-bond donors (Lipinski definition) is 2. The van der Waals surface area contributed by atoms with E-state index in [-0.39, 0.29) is 0 Å². The number of aromatic amines is 1. The average molecular weight is 569 g/mol. The van der Waals surface area contributed by atoms with Crippen molar-refractivity contribution >= 4 is 44.2 Å². The van der Waals surface area contributed by atoms with Gasteiger partial charge in [-0.15, -0.1) is 0 Å². The van der Waals surface area contributed by atoms with Gasteiger partial charge in [-0.25, -0.2) is 0 Å². The first-order valence-corrected chi connectivity index (χ1v) is 15.0. The first kappa shape index (κ1) is 28.5. The molecule has 0 amide bonds. The van der Waals surface area contributed by atoms with Crippen LogP contribution >= 0.6 is 0 Å². The number of para-hydroxylation sites is 1. The second kappa shape index (κ2) is 13.1. The molecule has 0 bridgehead atoms. The summed E-state index contributed by atoms with van der Waals surface area (Å²) in [6, 6.07) is 44.3. The van der Waals surface area contributed by atoms with Gasteiger partial charge in [-0.3, -0.25) is 0 Å². The predicted octanol–water partition coefficient (Wildman–Crippen LogP) is 10.6. The van der Waals surface area contributed by atoms with Crippen LogP contribution in [0.3, 0.4) is 0 Å². The predicted molar refractivity (Wildman–Crippen MR) is 191 cm³/mol. The summed E-state index contributed by atoms with van der Waals surface area (Å²) in [5, 5.41) is 2.46. The molecule has 0 saturated carbocycles. The Hall–Kier alpha value is -5.60. The largest absolute Gasteiger partial charge is 0.398 e. The number of hydrogen-bond acceptors (Lipinski definition) is 1. The zero-order valence-corrected chi connectivity index (χ0v) is 25.0. The van der Waals surface area contributed by atoms with E-state index in [4.69, 9.17) is 5.73 Å². The van der Waals surface area contributed by atoms with Crippen molar-refractivity contribution in [2.45, 2.75) is 13.3 Å². The first-order chi connectivity index (χ1) is 21.6. The molecule has 0 atom stereocenters. The minimum absolute atomic E-state index is 0.747. The van der Waals surface area contributed by atoms with Crippen LogP contribution in [-0.2, 0) is 6.42 Å². The van der Waals surface area contributed by atoms with E-state index in [0.717, 1.165) is 51.0 Å². The highest BCUT2D eigenvalue weighted by molar-refractivity contribution is 6.08. The van der Waals surface area contributed by atoms with E-state index in [1.807, 2.05) is 42.5 Å². The van der Waals surface area contributed by atoms with E-state index in [2.05, 4.69) is 134 Å². The number of nitrogens with one attached hydrogen (secondary N) is 1. The minimum atomic E-state index is 0.747. The molecule has 0 aliphatic carbocycles. The molecule has 0 unspecified atom stereocenters. The summed E-state index contributed by atoms with van der Waals surface area (Å²) >= 11 is 0. The van der Waals surface area contributed by atoms with Gasteiger partial charge in [0.1, 0.15) is 0 Å². The number of benzene rings is 5. The van der Waals surface area contributed by atoms with E-state index in [9.17, 15) is 0 Å². The molecule has 0 saturated heterocycles. The maximum Gasteiger partial charge on any atom is 0.0465 e. The molecule has 6 rings (SSSR count). The van der Waals surface area contributed by atoms with E-state index < -0.39 is 0 Å². The number of allylic oxidation sites excluding steroid dienone is 8. The van der Waals surface area contributed by atoms with Crippen molar-refractivity contribution in [2.75, 3.05) is 0 Å². The Balaban J connectivity index is 1.35. The Morgan fingerprint density at radius 2 is 1.32 bits per heavy atom. The fourth-order valence-corrected chi connectivity index (χ4v) is 5.77. The minimum Gasteiger partial charge on any atom is -0.398 e. The Kier molecular flexibility index (Phi) is 8.52. The molecular formula is C42H36N2. The van der Waals surface area contributed by atoms with E-state index in [0.29, 0.717) is 0 Å². The second-order valence-electron chi connectivity index (χ2n) is 11.0. The van der Waals surface area contributed by atoms with Gasteiger partial charge in [0.2, 0.25) is 0 Å². The van der Waals surface area contributed by atoms with Crippen LogP contribution in [-0.4, -0.2) is 4.98 Å². The van der Waals surface area contributed by atoms with Crippen molar-refractivity contribution in [1.29, 1.82) is 0 Å². The van der Waals surface area contributed by atoms with Gasteiger partial charge < -0.3 is 10.7 Å². The van der Waals surface area contributed by atoms with Crippen LogP contribution in [0, 0.1) is 0 Å². The van der Waals surface area contributed by atoms with E-state index in [1.165, 1.54) is 27.5 Å². The fraction of sp³-hybridized carbons (Fsp3) is 0.0476.